The lowest BCUT2D eigenvalue weighted by Crippen LogP contribution is -2.46. The predicted molar refractivity (Wildman–Crippen MR) is 129 cm³/mol. The second-order valence-corrected chi connectivity index (χ2v) is 8.64. The third-order valence-electron chi connectivity index (χ3n) is 5.70. The number of carbonyl (C=O) groups excluding carboxylic acids is 1. The maximum Gasteiger partial charge on any atom is 0.255 e. The van der Waals surface area contributed by atoms with Gasteiger partial charge in [0.05, 0.1) is 0 Å². The smallest absolute Gasteiger partial charge is 0.255 e. The van der Waals surface area contributed by atoms with Gasteiger partial charge in [0.1, 0.15) is 0 Å². The molecule has 1 N–H and O–H groups in total. The molecule has 160 valence electrons. The van der Waals surface area contributed by atoms with Crippen LogP contribution in [0.2, 0.25) is 5.02 Å². The molecular weight excluding hydrogens is 406 g/mol. The van der Waals surface area contributed by atoms with Crippen LogP contribution < -0.4 is 10.2 Å². The summed E-state index contributed by atoms with van der Waals surface area (Å²) in [6.45, 7) is 8.83. The Bertz CT molecular complexity index is 1040. The first kappa shape index (κ1) is 21.4. The lowest BCUT2D eigenvalue weighted by Gasteiger charge is -2.36. The summed E-state index contributed by atoms with van der Waals surface area (Å²) in [5, 5.41) is 3.84. The molecule has 1 aliphatic heterocycles. The van der Waals surface area contributed by atoms with E-state index in [1.807, 2.05) is 56.3 Å². The summed E-state index contributed by atoms with van der Waals surface area (Å²) in [7, 11) is 0. The largest absolute Gasteiger partial charge is 0.369 e. The van der Waals surface area contributed by atoms with E-state index in [1.165, 1.54) is 11.3 Å². The number of rotatable bonds is 5. The Morgan fingerprint density at radius 2 is 1.55 bits per heavy atom. The molecule has 1 saturated heterocycles. The molecule has 31 heavy (non-hydrogen) atoms. The third kappa shape index (κ3) is 5.46. The maximum absolute atomic E-state index is 12.6. The van der Waals surface area contributed by atoms with Gasteiger partial charge < -0.3 is 10.2 Å². The van der Waals surface area contributed by atoms with Crippen LogP contribution >= 0.6 is 11.6 Å². The average molecular weight is 434 g/mol. The van der Waals surface area contributed by atoms with E-state index in [2.05, 4.69) is 39.4 Å². The molecule has 3 aromatic carbocycles. The molecular formula is C26H28ClN3O. The highest BCUT2D eigenvalue weighted by molar-refractivity contribution is 6.31. The van der Waals surface area contributed by atoms with Crippen LogP contribution in [0.3, 0.4) is 0 Å². The summed E-state index contributed by atoms with van der Waals surface area (Å²) in [5.41, 5.74) is 6.05. The van der Waals surface area contributed by atoms with Gasteiger partial charge in [-0.15, -0.1) is 0 Å². The minimum Gasteiger partial charge on any atom is -0.369 e. The van der Waals surface area contributed by atoms with Gasteiger partial charge in [0.25, 0.3) is 5.91 Å². The maximum atomic E-state index is 12.6. The van der Waals surface area contributed by atoms with Gasteiger partial charge in [-0.3, -0.25) is 9.69 Å². The number of nitrogens with one attached hydrogen (secondary N) is 1. The number of nitrogens with zero attached hydrogens (tertiary/aromatic N) is 2. The zero-order valence-electron chi connectivity index (χ0n) is 18.1. The highest BCUT2D eigenvalue weighted by Gasteiger charge is 2.18. The molecule has 1 aliphatic rings. The number of hydrogen-bond acceptors (Lipinski definition) is 3. The van der Waals surface area contributed by atoms with E-state index in [0.29, 0.717) is 5.56 Å². The first-order chi connectivity index (χ1) is 15.0. The number of amides is 1. The van der Waals surface area contributed by atoms with Crippen molar-refractivity contribution in [2.45, 2.75) is 20.4 Å². The van der Waals surface area contributed by atoms with Crippen molar-refractivity contribution in [3.05, 3.63) is 94.0 Å². The Balaban J connectivity index is 1.32. The molecule has 4 nitrogen and oxygen atoms in total. The van der Waals surface area contributed by atoms with E-state index >= 15 is 0 Å². The predicted octanol–water partition coefficient (Wildman–Crippen LogP) is 5.53. The number of hydrogen-bond donors (Lipinski definition) is 1. The van der Waals surface area contributed by atoms with Gasteiger partial charge in [0.2, 0.25) is 0 Å². The molecule has 0 aliphatic carbocycles. The lowest BCUT2D eigenvalue weighted by atomic mass is 10.1. The number of carbonyl (C=O) groups is 1. The molecule has 1 amide bonds. The molecule has 1 heterocycles. The van der Waals surface area contributed by atoms with E-state index < -0.39 is 0 Å². The summed E-state index contributed by atoms with van der Waals surface area (Å²) >= 11 is 6.31. The van der Waals surface area contributed by atoms with Gasteiger partial charge in [0.15, 0.2) is 0 Å². The minimum absolute atomic E-state index is 0.0762. The summed E-state index contributed by atoms with van der Waals surface area (Å²) in [6, 6.07) is 22.1. The molecule has 0 saturated carbocycles. The van der Waals surface area contributed by atoms with Crippen molar-refractivity contribution in [1.29, 1.82) is 0 Å². The van der Waals surface area contributed by atoms with E-state index in [0.717, 1.165) is 54.6 Å². The summed E-state index contributed by atoms with van der Waals surface area (Å²) in [6.07, 6.45) is 0. The van der Waals surface area contributed by atoms with Crippen molar-refractivity contribution in [3.8, 4) is 0 Å². The first-order valence-electron chi connectivity index (χ1n) is 10.7. The Kier molecular flexibility index (Phi) is 6.59. The van der Waals surface area contributed by atoms with Crippen LogP contribution in [0.1, 0.15) is 27.0 Å². The molecule has 5 heteroatoms. The van der Waals surface area contributed by atoms with Crippen molar-refractivity contribution in [2.24, 2.45) is 0 Å². The number of aryl methyl sites for hydroxylation is 2. The second kappa shape index (κ2) is 9.54. The van der Waals surface area contributed by atoms with Gasteiger partial charge in [0, 0.05) is 54.7 Å². The van der Waals surface area contributed by atoms with Crippen LogP contribution in [0.5, 0.6) is 0 Å². The SMILES string of the molecule is Cc1cc(C)cc(C(=O)Nc2ccc(N3CCN(Cc4ccccc4Cl)CC3)cc2)c1. The van der Waals surface area contributed by atoms with Crippen LogP contribution in [-0.2, 0) is 6.54 Å². The Hall–Kier alpha value is -2.82. The molecule has 1 fully saturated rings. The van der Waals surface area contributed by atoms with E-state index in [4.69, 9.17) is 11.6 Å². The monoisotopic (exact) mass is 433 g/mol. The Morgan fingerprint density at radius 3 is 2.19 bits per heavy atom. The zero-order chi connectivity index (χ0) is 21.8. The molecule has 0 spiro atoms. The number of piperazine rings is 1. The molecule has 0 atom stereocenters. The quantitative estimate of drug-likeness (QED) is 0.574. The highest BCUT2D eigenvalue weighted by Crippen LogP contribution is 2.22. The van der Waals surface area contributed by atoms with Crippen LogP contribution in [0.15, 0.2) is 66.7 Å². The van der Waals surface area contributed by atoms with Gasteiger partial charge in [-0.2, -0.15) is 0 Å². The van der Waals surface area contributed by atoms with Crippen molar-refractivity contribution < 1.29 is 4.79 Å². The van der Waals surface area contributed by atoms with Gasteiger partial charge in [-0.1, -0.05) is 47.0 Å². The van der Waals surface area contributed by atoms with Crippen molar-refractivity contribution >= 4 is 28.9 Å². The highest BCUT2D eigenvalue weighted by atomic mass is 35.5. The van der Waals surface area contributed by atoms with Gasteiger partial charge in [-0.25, -0.2) is 0 Å². The summed E-state index contributed by atoms with van der Waals surface area (Å²) < 4.78 is 0. The topological polar surface area (TPSA) is 35.6 Å². The fourth-order valence-electron chi connectivity index (χ4n) is 4.10. The average Bonchev–Trinajstić information content (AvgIpc) is 2.76. The number of anilines is 2. The molecule has 0 unspecified atom stereocenters. The van der Waals surface area contributed by atoms with Crippen LogP contribution in [0.4, 0.5) is 11.4 Å². The summed E-state index contributed by atoms with van der Waals surface area (Å²) in [5.74, 6) is -0.0762. The molecule has 3 aromatic rings. The van der Waals surface area contributed by atoms with Crippen LogP contribution in [0, 0.1) is 13.8 Å². The Labute approximate surface area is 189 Å². The molecule has 0 radical (unpaired) electrons. The van der Waals surface area contributed by atoms with E-state index in [-0.39, 0.29) is 5.91 Å². The molecule has 4 rings (SSSR count). The van der Waals surface area contributed by atoms with Crippen LogP contribution in [-0.4, -0.2) is 37.0 Å². The van der Waals surface area contributed by atoms with Gasteiger partial charge in [-0.05, 0) is 61.9 Å². The number of benzene rings is 3. The van der Waals surface area contributed by atoms with Crippen molar-refractivity contribution in [2.75, 3.05) is 36.4 Å². The number of halogens is 1. The Morgan fingerprint density at radius 1 is 0.903 bits per heavy atom. The summed E-state index contributed by atoms with van der Waals surface area (Å²) in [4.78, 5) is 17.4. The van der Waals surface area contributed by atoms with E-state index in [9.17, 15) is 4.79 Å². The first-order valence-corrected chi connectivity index (χ1v) is 11.1. The van der Waals surface area contributed by atoms with E-state index in [1.54, 1.807) is 0 Å². The van der Waals surface area contributed by atoms with Crippen molar-refractivity contribution in [1.82, 2.24) is 4.90 Å². The van der Waals surface area contributed by atoms with Crippen LogP contribution in [0.25, 0.3) is 0 Å². The minimum atomic E-state index is -0.0762. The fraction of sp³-hybridized carbons (Fsp3) is 0.269. The molecule has 0 aromatic heterocycles. The van der Waals surface area contributed by atoms with Gasteiger partial charge >= 0.3 is 0 Å². The zero-order valence-corrected chi connectivity index (χ0v) is 18.8. The lowest BCUT2D eigenvalue weighted by molar-refractivity contribution is 0.102. The normalized spacial score (nSPS) is 14.5. The second-order valence-electron chi connectivity index (χ2n) is 8.23. The standard InChI is InChI=1S/C26H28ClN3O/c1-19-15-20(2)17-22(16-19)26(31)28-23-7-9-24(10-8-23)30-13-11-29(12-14-30)18-21-5-3-4-6-25(21)27/h3-10,15-17H,11-14,18H2,1-2H3,(H,28,31). The van der Waals surface area contributed by atoms with Crippen molar-refractivity contribution in [3.63, 3.8) is 0 Å². The molecule has 0 bridgehead atoms. The fourth-order valence-corrected chi connectivity index (χ4v) is 4.29. The third-order valence-corrected chi connectivity index (χ3v) is 6.07.